The number of carbonyl (C=O) groups excluding carboxylic acids is 1. The average Bonchev–Trinajstić information content (AvgIpc) is 2.76. The normalized spacial score (nSPS) is 13.6. The second kappa shape index (κ2) is 10.2. The van der Waals surface area contributed by atoms with E-state index in [9.17, 15) is 26.4 Å². The van der Waals surface area contributed by atoms with Crippen LogP contribution in [0.1, 0.15) is 17.5 Å². The summed E-state index contributed by atoms with van der Waals surface area (Å²) >= 11 is 0. The number of benzene rings is 2. The van der Waals surface area contributed by atoms with Gasteiger partial charge in [-0.15, -0.1) is 0 Å². The van der Waals surface area contributed by atoms with Crippen LogP contribution in [-0.4, -0.2) is 46.1 Å². The molecule has 3 rings (SSSR count). The van der Waals surface area contributed by atoms with Crippen molar-refractivity contribution in [1.29, 1.82) is 0 Å². The number of amides is 1. The lowest BCUT2D eigenvalue weighted by Gasteiger charge is -2.18. The van der Waals surface area contributed by atoms with Gasteiger partial charge in [0.2, 0.25) is 5.91 Å². The molecule has 1 aliphatic rings. The van der Waals surface area contributed by atoms with Crippen LogP contribution in [0.3, 0.4) is 0 Å². The van der Waals surface area contributed by atoms with Gasteiger partial charge >= 0.3 is 6.18 Å². The third-order valence-corrected chi connectivity index (χ3v) is 6.23. The van der Waals surface area contributed by atoms with Crippen LogP contribution in [0.2, 0.25) is 0 Å². The molecule has 2 aromatic carbocycles. The number of hydrogen-bond acceptors (Lipinski definition) is 6. The largest absolute Gasteiger partial charge is 0.486 e. The fourth-order valence-corrected chi connectivity index (χ4v) is 4.14. The molecular weight excluding hydrogens is 451 g/mol. The summed E-state index contributed by atoms with van der Waals surface area (Å²) in [6, 6.07) is 10.8. The number of hydrogen-bond donors (Lipinski definition) is 1. The molecule has 0 unspecified atom stereocenters. The number of sulfone groups is 1. The molecule has 0 bridgehead atoms. The van der Waals surface area contributed by atoms with E-state index in [1.807, 2.05) is 0 Å². The Balaban J connectivity index is 1.44. The van der Waals surface area contributed by atoms with Crippen molar-refractivity contribution in [2.75, 3.05) is 25.6 Å². The molecule has 1 amide bonds. The third kappa shape index (κ3) is 7.13. The molecule has 0 atom stereocenters. The zero-order chi connectivity index (χ0) is 23.2. The highest BCUT2D eigenvalue weighted by Crippen LogP contribution is 2.32. The van der Waals surface area contributed by atoms with Gasteiger partial charge < -0.3 is 19.5 Å². The van der Waals surface area contributed by atoms with Crippen LogP contribution in [0.15, 0.2) is 47.4 Å². The molecule has 2 aromatic rings. The van der Waals surface area contributed by atoms with Crippen LogP contribution in [0.5, 0.6) is 11.5 Å². The monoisotopic (exact) mass is 473 g/mol. The Morgan fingerprint density at radius 2 is 1.66 bits per heavy atom. The summed E-state index contributed by atoms with van der Waals surface area (Å²) in [5.41, 5.74) is 1.28. The van der Waals surface area contributed by atoms with Crippen molar-refractivity contribution >= 4 is 15.7 Å². The summed E-state index contributed by atoms with van der Waals surface area (Å²) in [6.07, 6.45) is -4.60. The van der Waals surface area contributed by atoms with E-state index in [2.05, 4.69) is 10.1 Å². The molecule has 0 fully saturated rings. The van der Waals surface area contributed by atoms with Gasteiger partial charge in [-0.2, -0.15) is 13.2 Å². The molecule has 11 heteroatoms. The Kier molecular flexibility index (Phi) is 7.62. The van der Waals surface area contributed by atoms with Crippen molar-refractivity contribution in [1.82, 2.24) is 5.32 Å². The lowest BCUT2D eigenvalue weighted by molar-refractivity contribution is -0.176. The van der Waals surface area contributed by atoms with Crippen molar-refractivity contribution in [3.05, 3.63) is 53.6 Å². The van der Waals surface area contributed by atoms with Crippen LogP contribution in [0.4, 0.5) is 13.2 Å². The first-order valence-corrected chi connectivity index (χ1v) is 11.4. The van der Waals surface area contributed by atoms with Gasteiger partial charge in [-0.1, -0.05) is 24.3 Å². The van der Waals surface area contributed by atoms with E-state index in [1.165, 1.54) is 18.2 Å². The van der Waals surface area contributed by atoms with Crippen LogP contribution < -0.4 is 14.8 Å². The van der Waals surface area contributed by atoms with E-state index in [-0.39, 0.29) is 30.2 Å². The van der Waals surface area contributed by atoms with Gasteiger partial charge in [-0.25, -0.2) is 8.42 Å². The zero-order valence-corrected chi connectivity index (χ0v) is 17.8. The van der Waals surface area contributed by atoms with E-state index in [0.29, 0.717) is 35.8 Å². The van der Waals surface area contributed by atoms with Crippen LogP contribution in [0.25, 0.3) is 0 Å². The van der Waals surface area contributed by atoms with Crippen LogP contribution in [-0.2, 0) is 32.5 Å². The summed E-state index contributed by atoms with van der Waals surface area (Å²) < 4.78 is 76.6. The topological polar surface area (TPSA) is 90.9 Å². The molecule has 0 saturated carbocycles. The number of carbonyl (C=O) groups is 1. The molecule has 0 saturated heterocycles. The maximum absolute atomic E-state index is 12.5. The molecule has 1 aliphatic heterocycles. The second-order valence-electron chi connectivity index (χ2n) is 7.08. The smallest absolute Gasteiger partial charge is 0.411 e. The highest BCUT2D eigenvalue weighted by atomic mass is 32.2. The standard InChI is InChI=1S/C21H22F3NO6S/c22-21(23,24)14-29-13-16-3-1-15(2-4-16)12-25-20(26)7-10-32(27,28)17-5-6-18-19(11-17)31-9-8-30-18/h1-6,11H,7-10,12-14H2,(H,25,26). The predicted octanol–water partition coefficient (Wildman–Crippen LogP) is 3.02. The lowest BCUT2D eigenvalue weighted by atomic mass is 10.1. The first-order chi connectivity index (χ1) is 15.1. The number of halogens is 3. The Labute approximate surface area is 183 Å². The van der Waals surface area contributed by atoms with Gasteiger partial charge in [0.1, 0.15) is 19.8 Å². The number of fused-ring (bicyclic) bond motifs is 1. The van der Waals surface area contributed by atoms with E-state index in [0.717, 1.165) is 0 Å². The number of ether oxygens (including phenoxy) is 3. The number of rotatable bonds is 9. The molecule has 0 radical (unpaired) electrons. The van der Waals surface area contributed by atoms with Crippen LogP contribution >= 0.6 is 0 Å². The molecule has 174 valence electrons. The van der Waals surface area contributed by atoms with Crippen molar-refractivity contribution in [2.45, 2.75) is 30.6 Å². The average molecular weight is 473 g/mol. The van der Waals surface area contributed by atoms with Crippen molar-refractivity contribution in [3.63, 3.8) is 0 Å². The Hall–Kier alpha value is -2.79. The van der Waals surface area contributed by atoms with Gasteiger partial charge in [0.15, 0.2) is 21.3 Å². The van der Waals surface area contributed by atoms with E-state index in [1.54, 1.807) is 24.3 Å². The summed E-state index contributed by atoms with van der Waals surface area (Å²) in [7, 11) is -3.69. The van der Waals surface area contributed by atoms with Gasteiger partial charge in [0.25, 0.3) is 0 Å². The second-order valence-corrected chi connectivity index (χ2v) is 9.18. The van der Waals surface area contributed by atoms with Gasteiger partial charge in [0.05, 0.1) is 17.3 Å². The van der Waals surface area contributed by atoms with E-state index < -0.39 is 28.5 Å². The highest BCUT2D eigenvalue weighted by Gasteiger charge is 2.27. The molecular formula is C21H22F3NO6S. The predicted molar refractivity (Wildman–Crippen MR) is 108 cm³/mol. The summed E-state index contributed by atoms with van der Waals surface area (Å²) in [5, 5.41) is 2.63. The van der Waals surface area contributed by atoms with Gasteiger partial charge in [-0.3, -0.25) is 4.79 Å². The molecule has 0 spiro atoms. The minimum atomic E-state index is -4.38. The fourth-order valence-electron chi connectivity index (χ4n) is 2.89. The molecule has 0 aromatic heterocycles. The molecule has 7 nitrogen and oxygen atoms in total. The maximum atomic E-state index is 12.5. The van der Waals surface area contributed by atoms with Crippen molar-refractivity contribution in [3.8, 4) is 11.5 Å². The summed E-state index contributed by atoms with van der Waals surface area (Å²) in [5.74, 6) is 0.0251. The fraction of sp³-hybridized carbons (Fsp3) is 0.381. The molecule has 0 aliphatic carbocycles. The molecule has 1 heterocycles. The molecule has 1 N–H and O–H groups in total. The SMILES string of the molecule is O=C(CCS(=O)(=O)c1ccc2c(c1)OCCO2)NCc1ccc(COCC(F)(F)F)cc1. The Morgan fingerprint density at radius 1 is 1.00 bits per heavy atom. The minimum absolute atomic E-state index is 0.0536. The first kappa shape index (κ1) is 23.9. The third-order valence-electron chi connectivity index (χ3n) is 4.52. The first-order valence-electron chi connectivity index (χ1n) is 9.74. The zero-order valence-electron chi connectivity index (χ0n) is 17.0. The van der Waals surface area contributed by atoms with Crippen molar-refractivity contribution < 1.29 is 40.6 Å². The van der Waals surface area contributed by atoms with E-state index in [4.69, 9.17) is 9.47 Å². The van der Waals surface area contributed by atoms with Gasteiger partial charge in [0, 0.05) is 19.0 Å². The van der Waals surface area contributed by atoms with Crippen molar-refractivity contribution in [2.24, 2.45) is 0 Å². The lowest BCUT2D eigenvalue weighted by Crippen LogP contribution is -2.25. The highest BCUT2D eigenvalue weighted by molar-refractivity contribution is 7.91. The minimum Gasteiger partial charge on any atom is -0.486 e. The Morgan fingerprint density at radius 3 is 2.34 bits per heavy atom. The Bertz CT molecular complexity index is 1040. The van der Waals surface area contributed by atoms with Crippen LogP contribution in [0, 0.1) is 0 Å². The number of alkyl halides is 3. The van der Waals surface area contributed by atoms with E-state index >= 15 is 0 Å². The maximum Gasteiger partial charge on any atom is 0.411 e. The summed E-state index contributed by atoms with van der Waals surface area (Å²) in [4.78, 5) is 12.1. The van der Waals surface area contributed by atoms with Gasteiger partial charge in [-0.05, 0) is 23.3 Å². The molecule has 32 heavy (non-hydrogen) atoms. The summed E-state index contributed by atoms with van der Waals surface area (Å²) in [6.45, 7) is -0.606. The quantitative estimate of drug-likeness (QED) is 0.602. The number of nitrogens with one attached hydrogen (secondary N) is 1.